The highest BCUT2D eigenvalue weighted by atomic mass is 32.1. The fourth-order valence-electron chi connectivity index (χ4n) is 1.20. The van der Waals surface area contributed by atoms with Gasteiger partial charge in [0.2, 0.25) is 0 Å². The first kappa shape index (κ1) is 10.7. The Balaban J connectivity index is 1.97. The SMILES string of the molecule is Cc1snnc1C(=O)NCc1ccccn1. The number of carbonyl (C=O) groups excluding carboxylic acids is 1. The van der Waals surface area contributed by atoms with Crippen LogP contribution in [0.1, 0.15) is 21.1 Å². The number of aromatic nitrogens is 3. The molecule has 0 radical (unpaired) electrons. The third kappa shape index (κ3) is 2.40. The van der Waals surface area contributed by atoms with E-state index >= 15 is 0 Å². The Hall–Kier alpha value is -1.82. The lowest BCUT2D eigenvalue weighted by Gasteiger charge is -2.02. The Morgan fingerprint density at radius 1 is 1.50 bits per heavy atom. The summed E-state index contributed by atoms with van der Waals surface area (Å²) in [6, 6.07) is 5.57. The Kier molecular flexibility index (Phi) is 3.21. The number of amides is 1. The summed E-state index contributed by atoms with van der Waals surface area (Å²) in [5.41, 5.74) is 1.21. The molecular formula is C10H10N4OS. The van der Waals surface area contributed by atoms with Gasteiger partial charge in [-0.05, 0) is 30.6 Å². The maximum absolute atomic E-state index is 11.7. The molecule has 0 fully saturated rings. The molecular weight excluding hydrogens is 224 g/mol. The van der Waals surface area contributed by atoms with Crippen molar-refractivity contribution in [3.8, 4) is 0 Å². The van der Waals surface area contributed by atoms with Crippen molar-refractivity contribution in [2.45, 2.75) is 13.5 Å². The lowest BCUT2D eigenvalue weighted by atomic mass is 10.3. The average Bonchev–Trinajstić information content (AvgIpc) is 2.74. The minimum Gasteiger partial charge on any atom is -0.345 e. The van der Waals surface area contributed by atoms with Crippen molar-refractivity contribution < 1.29 is 4.79 Å². The smallest absolute Gasteiger partial charge is 0.273 e. The van der Waals surface area contributed by atoms with Crippen molar-refractivity contribution in [1.82, 2.24) is 19.9 Å². The molecule has 0 bridgehead atoms. The summed E-state index contributed by atoms with van der Waals surface area (Å²) in [4.78, 5) is 16.6. The largest absolute Gasteiger partial charge is 0.345 e. The third-order valence-electron chi connectivity index (χ3n) is 2.02. The lowest BCUT2D eigenvalue weighted by Crippen LogP contribution is -2.24. The summed E-state index contributed by atoms with van der Waals surface area (Å²) in [5, 5.41) is 6.51. The van der Waals surface area contributed by atoms with Crippen LogP contribution < -0.4 is 5.32 Å². The molecule has 0 aromatic carbocycles. The number of aryl methyl sites for hydroxylation is 1. The summed E-state index contributed by atoms with van der Waals surface area (Å²) in [6.07, 6.45) is 1.69. The molecule has 1 amide bonds. The maximum Gasteiger partial charge on any atom is 0.273 e. The first-order valence-electron chi connectivity index (χ1n) is 4.74. The zero-order valence-corrected chi connectivity index (χ0v) is 9.49. The molecule has 0 saturated heterocycles. The fraction of sp³-hybridized carbons (Fsp3) is 0.200. The Labute approximate surface area is 96.7 Å². The van der Waals surface area contributed by atoms with Crippen molar-refractivity contribution in [2.75, 3.05) is 0 Å². The highest BCUT2D eigenvalue weighted by Crippen LogP contribution is 2.07. The van der Waals surface area contributed by atoms with Gasteiger partial charge in [0.1, 0.15) is 0 Å². The number of pyridine rings is 1. The molecule has 2 aromatic heterocycles. The van der Waals surface area contributed by atoms with Crippen LogP contribution in [0.25, 0.3) is 0 Å². The van der Waals surface area contributed by atoms with E-state index in [-0.39, 0.29) is 5.91 Å². The highest BCUT2D eigenvalue weighted by Gasteiger charge is 2.12. The van der Waals surface area contributed by atoms with Gasteiger partial charge in [-0.25, -0.2) is 0 Å². The molecule has 5 nitrogen and oxygen atoms in total. The van der Waals surface area contributed by atoms with Crippen molar-refractivity contribution in [1.29, 1.82) is 0 Å². The Morgan fingerprint density at radius 2 is 2.38 bits per heavy atom. The number of hydrogen-bond donors (Lipinski definition) is 1. The van der Waals surface area contributed by atoms with Crippen molar-refractivity contribution >= 4 is 17.4 Å². The van der Waals surface area contributed by atoms with Gasteiger partial charge in [0, 0.05) is 6.20 Å². The molecule has 0 aliphatic carbocycles. The standard InChI is InChI=1S/C10H10N4OS/c1-7-9(13-14-16-7)10(15)12-6-8-4-2-3-5-11-8/h2-5H,6H2,1H3,(H,12,15). The predicted octanol–water partition coefficient (Wildman–Crippen LogP) is 1.17. The molecule has 82 valence electrons. The van der Waals surface area contributed by atoms with Crippen LogP contribution in [-0.2, 0) is 6.54 Å². The van der Waals surface area contributed by atoms with E-state index in [9.17, 15) is 4.79 Å². The van der Waals surface area contributed by atoms with Crippen molar-refractivity contribution in [2.24, 2.45) is 0 Å². The molecule has 0 atom stereocenters. The summed E-state index contributed by atoms with van der Waals surface area (Å²) in [5.74, 6) is -0.211. The number of rotatable bonds is 3. The molecule has 2 rings (SSSR count). The van der Waals surface area contributed by atoms with E-state index in [0.29, 0.717) is 12.2 Å². The van der Waals surface area contributed by atoms with Crippen LogP contribution in [0.15, 0.2) is 24.4 Å². The molecule has 1 N–H and O–H groups in total. The van der Waals surface area contributed by atoms with E-state index in [1.807, 2.05) is 25.1 Å². The first-order valence-corrected chi connectivity index (χ1v) is 5.52. The van der Waals surface area contributed by atoms with E-state index in [4.69, 9.17) is 0 Å². The maximum atomic E-state index is 11.7. The van der Waals surface area contributed by atoms with E-state index in [0.717, 1.165) is 10.6 Å². The van der Waals surface area contributed by atoms with Crippen LogP contribution in [0.2, 0.25) is 0 Å². The van der Waals surface area contributed by atoms with Gasteiger partial charge >= 0.3 is 0 Å². The molecule has 0 spiro atoms. The zero-order chi connectivity index (χ0) is 11.4. The highest BCUT2D eigenvalue weighted by molar-refractivity contribution is 7.05. The van der Waals surface area contributed by atoms with Gasteiger partial charge in [-0.2, -0.15) is 0 Å². The summed E-state index contributed by atoms with van der Waals surface area (Å²) in [6.45, 7) is 2.22. The minimum absolute atomic E-state index is 0.211. The van der Waals surface area contributed by atoms with Crippen LogP contribution in [0.3, 0.4) is 0 Å². The quantitative estimate of drug-likeness (QED) is 0.865. The minimum atomic E-state index is -0.211. The van der Waals surface area contributed by atoms with Crippen LogP contribution in [0.5, 0.6) is 0 Å². The van der Waals surface area contributed by atoms with Gasteiger partial charge < -0.3 is 5.32 Å². The molecule has 16 heavy (non-hydrogen) atoms. The molecule has 0 saturated carbocycles. The molecule has 2 heterocycles. The first-order chi connectivity index (χ1) is 7.77. The number of nitrogens with one attached hydrogen (secondary N) is 1. The second-order valence-electron chi connectivity index (χ2n) is 3.18. The number of nitrogens with zero attached hydrogens (tertiary/aromatic N) is 3. The van der Waals surface area contributed by atoms with Crippen LogP contribution >= 0.6 is 11.5 Å². The van der Waals surface area contributed by atoms with Crippen LogP contribution in [0.4, 0.5) is 0 Å². The summed E-state index contributed by atoms with van der Waals surface area (Å²) < 4.78 is 3.71. The molecule has 6 heteroatoms. The fourth-order valence-corrected chi connectivity index (χ4v) is 1.66. The van der Waals surface area contributed by atoms with Crippen LogP contribution in [0, 0.1) is 6.92 Å². The van der Waals surface area contributed by atoms with E-state index in [2.05, 4.69) is 19.9 Å². The lowest BCUT2D eigenvalue weighted by molar-refractivity contribution is 0.0945. The van der Waals surface area contributed by atoms with Gasteiger partial charge in [-0.15, -0.1) is 5.10 Å². The molecule has 0 aliphatic rings. The summed E-state index contributed by atoms with van der Waals surface area (Å²) >= 11 is 1.22. The van der Waals surface area contributed by atoms with Gasteiger partial charge in [-0.3, -0.25) is 9.78 Å². The zero-order valence-electron chi connectivity index (χ0n) is 8.67. The predicted molar refractivity (Wildman–Crippen MR) is 60.1 cm³/mol. The van der Waals surface area contributed by atoms with Crippen LogP contribution in [-0.4, -0.2) is 20.5 Å². The Bertz CT molecular complexity index is 483. The van der Waals surface area contributed by atoms with E-state index < -0.39 is 0 Å². The number of carbonyl (C=O) groups is 1. The van der Waals surface area contributed by atoms with Crippen molar-refractivity contribution in [3.05, 3.63) is 40.7 Å². The second kappa shape index (κ2) is 4.80. The van der Waals surface area contributed by atoms with E-state index in [1.165, 1.54) is 11.5 Å². The topological polar surface area (TPSA) is 67.8 Å². The monoisotopic (exact) mass is 234 g/mol. The molecule has 0 unspecified atom stereocenters. The van der Waals surface area contributed by atoms with Gasteiger partial charge in [0.05, 0.1) is 17.1 Å². The molecule has 2 aromatic rings. The average molecular weight is 234 g/mol. The normalized spacial score (nSPS) is 10.1. The second-order valence-corrected chi connectivity index (χ2v) is 4.14. The number of hydrogen-bond acceptors (Lipinski definition) is 5. The summed E-state index contributed by atoms with van der Waals surface area (Å²) in [7, 11) is 0. The van der Waals surface area contributed by atoms with Crippen molar-refractivity contribution in [3.63, 3.8) is 0 Å². The van der Waals surface area contributed by atoms with Gasteiger partial charge in [-0.1, -0.05) is 10.6 Å². The Morgan fingerprint density at radius 3 is 3.00 bits per heavy atom. The van der Waals surface area contributed by atoms with E-state index in [1.54, 1.807) is 6.20 Å². The van der Waals surface area contributed by atoms with Gasteiger partial charge in [0.15, 0.2) is 5.69 Å². The molecule has 0 aliphatic heterocycles. The van der Waals surface area contributed by atoms with Gasteiger partial charge in [0.25, 0.3) is 5.91 Å². The third-order valence-corrected chi connectivity index (χ3v) is 2.65.